The molecule has 0 saturated carbocycles. The van der Waals surface area contributed by atoms with Gasteiger partial charge in [-0.25, -0.2) is 0 Å². The first kappa shape index (κ1) is 16.0. The number of nitrogens with one attached hydrogen (secondary N) is 1. The first-order chi connectivity index (χ1) is 10.9. The molecule has 0 aliphatic carbocycles. The van der Waals surface area contributed by atoms with Crippen molar-refractivity contribution in [3.8, 4) is 0 Å². The van der Waals surface area contributed by atoms with Crippen LogP contribution < -0.4 is 5.32 Å². The van der Waals surface area contributed by atoms with Gasteiger partial charge in [0.2, 0.25) is 5.91 Å². The molecule has 2 bridgehead atoms. The van der Waals surface area contributed by atoms with Crippen LogP contribution >= 0.6 is 0 Å². The van der Waals surface area contributed by atoms with Crippen LogP contribution in [0.4, 0.5) is 0 Å². The molecule has 5 nitrogen and oxygen atoms in total. The molecule has 1 amide bonds. The lowest BCUT2D eigenvalue weighted by molar-refractivity contribution is -0.148. The van der Waals surface area contributed by atoms with Crippen LogP contribution in [0.15, 0.2) is 18.2 Å². The molecule has 124 valence electrons. The Morgan fingerprint density at radius 2 is 1.87 bits per heavy atom. The molecule has 2 saturated heterocycles. The number of aryl methyl sites for hydroxylation is 2. The highest BCUT2D eigenvalue weighted by Crippen LogP contribution is 2.43. The molecule has 0 spiro atoms. The lowest BCUT2D eigenvalue weighted by atomic mass is 9.78. The summed E-state index contributed by atoms with van der Waals surface area (Å²) in [5.41, 5.74) is 3.36. The molecule has 23 heavy (non-hydrogen) atoms. The number of carboxylic acids is 1. The van der Waals surface area contributed by atoms with Crippen LogP contribution in [0, 0.1) is 25.7 Å². The van der Waals surface area contributed by atoms with E-state index >= 15 is 0 Å². The van der Waals surface area contributed by atoms with Crippen molar-refractivity contribution in [1.29, 1.82) is 0 Å². The van der Waals surface area contributed by atoms with E-state index in [1.165, 1.54) is 5.56 Å². The van der Waals surface area contributed by atoms with Gasteiger partial charge in [0.05, 0.1) is 30.1 Å². The predicted octanol–water partition coefficient (Wildman–Crippen LogP) is 2.36. The van der Waals surface area contributed by atoms with Gasteiger partial charge in [-0.2, -0.15) is 0 Å². The SMILES string of the molecule is Cc1ccc([C@H](C)NC(=O)[C@H]2[C@H](C(=O)O)[C@H]3CC[C@H]2O3)c(C)c1. The number of amides is 1. The number of carbonyl (C=O) groups excluding carboxylic acids is 1. The van der Waals surface area contributed by atoms with E-state index in [1.807, 2.05) is 32.9 Å². The highest BCUT2D eigenvalue weighted by atomic mass is 16.5. The van der Waals surface area contributed by atoms with Crippen LogP contribution in [-0.4, -0.2) is 29.2 Å². The first-order valence-corrected chi connectivity index (χ1v) is 8.14. The number of aliphatic carboxylic acids is 1. The molecule has 2 aliphatic heterocycles. The quantitative estimate of drug-likeness (QED) is 0.894. The van der Waals surface area contributed by atoms with Crippen LogP contribution in [0.1, 0.15) is 42.5 Å². The summed E-state index contributed by atoms with van der Waals surface area (Å²) in [6, 6.07) is 5.96. The van der Waals surface area contributed by atoms with Gasteiger partial charge in [-0.05, 0) is 44.7 Å². The molecule has 5 atom stereocenters. The maximum Gasteiger partial charge on any atom is 0.310 e. The number of ether oxygens (including phenoxy) is 1. The number of rotatable bonds is 4. The van der Waals surface area contributed by atoms with E-state index in [-0.39, 0.29) is 24.2 Å². The minimum Gasteiger partial charge on any atom is -0.481 e. The van der Waals surface area contributed by atoms with Gasteiger partial charge >= 0.3 is 5.97 Å². The maximum absolute atomic E-state index is 12.7. The van der Waals surface area contributed by atoms with E-state index in [2.05, 4.69) is 11.4 Å². The normalized spacial score (nSPS) is 30.2. The van der Waals surface area contributed by atoms with Crippen molar-refractivity contribution in [3.63, 3.8) is 0 Å². The Morgan fingerprint density at radius 1 is 1.22 bits per heavy atom. The summed E-state index contributed by atoms with van der Waals surface area (Å²) in [4.78, 5) is 24.2. The van der Waals surface area contributed by atoms with Gasteiger partial charge < -0.3 is 15.2 Å². The highest BCUT2D eigenvalue weighted by molar-refractivity contribution is 5.86. The van der Waals surface area contributed by atoms with Crippen LogP contribution in [-0.2, 0) is 14.3 Å². The van der Waals surface area contributed by atoms with E-state index in [1.54, 1.807) is 0 Å². The second-order valence-electron chi connectivity index (χ2n) is 6.77. The summed E-state index contributed by atoms with van der Waals surface area (Å²) in [6.45, 7) is 5.98. The van der Waals surface area contributed by atoms with Crippen LogP contribution in [0.3, 0.4) is 0 Å². The van der Waals surface area contributed by atoms with Crippen LogP contribution in [0.2, 0.25) is 0 Å². The van der Waals surface area contributed by atoms with Gasteiger partial charge in [0.25, 0.3) is 0 Å². The van der Waals surface area contributed by atoms with Crippen LogP contribution in [0.5, 0.6) is 0 Å². The van der Waals surface area contributed by atoms with Gasteiger partial charge in [-0.15, -0.1) is 0 Å². The van der Waals surface area contributed by atoms with Crippen molar-refractivity contribution in [2.24, 2.45) is 11.8 Å². The average molecular weight is 317 g/mol. The Bertz CT molecular complexity index is 642. The van der Waals surface area contributed by atoms with Crippen molar-refractivity contribution in [3.05, 3.63) is 34.9 Å². The standard InChI is InChI=1S/C18H23NO4/c1-9-4-5-12(10(2)8-9)11(3)19-17(20)15-13-6-7-14(23-13)16(15)18(21)22/h4-5,8,11,13-16H,6-7H2,1-3H3,(H,19,20)(H,21,22)/t11-,13+,14+,15+,16+/m0/s1. The number of hydrogen-bond donors (Lipinski definition) is 2. The first-order valence-electron chi connectivity index (χ1n) is 8.14. The zero-order valence-corrected chi connectivity index (χ0v) is 13.7. The molecule has 2 aliphatic rings. The van der Waals surface area contributed by atoms with Crippen molar-refractivity contribution in [1.82, 2.24) is 5.32 Å². The van der Waals surface area contributed by atoms with E-state index in [4.69, 9.17) is 4.74 Å². The van der Waals surface area contributed by atoms with Crippen molar-refractivity contribution in [2.75, 3.05) is 0 Å². The largest absolute Gasteiger partial charge is 0.481 e. The molecule has 0 radical (unpaired) electrons. The Kier molecular flexibility index (Phi) is 4.15. The third-order valence-electron chi connectivity index (χ3n) is 5.11. The van der Waals surface area contributed by atoms with Crippen LogP contribution in [0.25, 0.3) is 0 Å². The van der Waals surface area contributed by atoms with Crippen molar-refractivity contribution >= 4 is 11.9 Å². The molecule has 0 aromatic heterocycles. The van der Waals surface area contributed by atoms with Gasteiger partial charge in [-0.3, -0.25) is 9.59 Å². The minimum atomic E-state index is -0.934. The Morgan fingerprint density at radius 3 is 2.48 bits per heavy atom. The Hall–Kier alpha value is -1.88. The van der Waals surface area contributed by atoms with Crippen molar-refractivity contribution in [2.45, 2.75) is 51.9 Å². The minimum absolute atomic E-state index is 0.156. The number of carboxylic acid groups (broad SMARTS) is 1. The van der Waals surface area contributed by atoms with Gasteiger partial charge in [0.1, 0.15) is 0 Å². The molecule has 5 heteroatoms. The van der Waals surface area contributed by atoms with Gasteiger partial charge in [0, 0.05) is 0 Å². The number of hydrogen-bond acceptors (Lipinski definition) is 3. The highest BCUT2D eigenvalue weighted by Gasteiger charge is 2.55. The third-order valence-corrected chi connectivity index (χ3v) is 5.11. The number of fused-ring (bicyclic) bond motifs is 2. The van der Waals surface area contributed by atoms with Crippen molar-refractivity contribution < 1.29 is 19.4 Å². The van der Waals surface area contributed by atoms with E-state index in [9.17, 15) is 14.7 Å². The molecule has 2 N–H and O–H groups in total. The third kappa shape index (κ3) is 2.85. The molecule has 2 heterocycles. The maximum atomic E-state index is 12.7. The predicted molar refractivity (Wildman–Crippen MR) is 85.0 cm³/mol. The van der Waals surface area contributed by atoms with Gasteiger partial charge in [0.15, 0.2) is 0 Å². The lowest BCUT2D eigenvalue weighted by Gasteiger charge is -2.26. The summed E-state index contributed by atoms with van der Waals surface area (Å²) >= 11 is 0. The molecule has 1 aromatic rings. The summed E-state index contributed by atoms with van der Waals surface area (Å²) in [6.07, 6.45) is 0.930. The molecule has 2 fully saturated rings. The molecular formula is C18H23NO4. The Labute approximate surface area is 136 Å². The molecule has 1 aromatic carbocycles. The fraction of sp³-hybridized carbons (Fsp3) is 0.556. The summed E-state index contributed by atoms with van der Waals surface area (Å²) in [5, 5.41) is 12.4. The summed E-state index contributed by atoms with van der Waals surface area (Å²) in [5.74, 6) is -2.45. The average Bonchev–Trinajstić information content (AvgIpc) is 3.07. The number of benzene rings is 1. The zero-order valence-electron chi connectivity index (χ0n) is 13.7. The second kappa shape index (κ2) is 5.96. The molecule has 3 rings (SSSR count). The monoisotopic (exact) mass is 317 g/mol. The lowest BCUT2D eigenvalue weighted by Crippen LogP contribution is -2.44. The summed E-state index contributed by atoms with van der Waals surface area (Å²) < 4.78 is 5.67. The fourth-order valence-corrected chi connectivity index (χ4v) is 4.02. The number of carbonyl (C=O) groups is 2. The van der Waals surface area contributed by atoms with E-state index in [0.717, 1.165) is 24.0 Å². The van der Waals surface area contributed by atoms with E-state index in [0.29, 0.717) is 0 Å². The topological polar surface area (TPSA) is 75.6 Å². The smallest absolute Gasteiger partial charge is 0.310 e. The second-order valence-corrected chi connectivity index (χ2v) is 6.77. The van der Waals surface area contributed by atoms with Gasteiger partial charge in [-0.1, -0.05) is 23.8 Å². The van der Waals surface area contributed by atoms with E-state index < -0.39 is 17.8 Å². The fourth-order valence-electron chi connectivity index (χ4n) is 4.02. The Balaban J connectivity index is 1.74. The molecule has 0 unspecified atom stereocenters. The summed E-state index contributed by atoms with van der Waals surface area (Å²) in [7, 11) is 0. The molecular weight excluding hydrogens is 294 g/mol. The zero-order chi connectivity index (χ0) is 16.7.